The molecule has 0 unspecified atom stereocenters. The molecule has 7 heteroatoms. The van der Waals surface area contributed by atoms with E-state index < -0.39 is 17.6 Å². The predicted molar refractivity (Wildman–Crippen MR) is 115 cm³/mol. The van der Waals surface area contributed by atoms with Crippen molar-refractivity contribution in [2.45, 2.75) is 70.1 Å². The van der Waals surface area contributed by atoms with E-state index in [1.54, 1.807) is 0 Å². The number of pyridine rings is 1. The molecule has 0 radical (unpaired) electrons. The minimum absolute atomic E-state index is 0.0161. The lowest BCUT2D eigenvalue weighted by atomic mass is 9.81. The van der Waals surface area contributed by atoms with Gasteiger partial charge in [-0.3, -0.25) is 9.78 Å². The summed E-state index contributed by atoms with van der Waals surface area (Å²) in [6, 6.07) is 4.70. The molecule has 32 heavy (non-hydrogen) atoms. The highest BCUT2D eigenvalue weighted by Crippen LogP contribution is 2.44. The molecule has 2 aliphatic carbocycles. The van der Waals surface area contributed by atoms with Crippen LogP contribution in [0, 0.1) is 23.5 Å². The monoisotopic (exact) mass is 448 g/mol. The quantitative estimate of drug-likeness (QED) is 0.508. The topological polar surface area (TPSA) is 42.0 Å². The van der Waals surface area contributed by atoms with E-state index in [-0.39, 0.29) is 49.0 Å². The Labute approximate surface area is 185 Å². The highest BCUT2D eigenvalue weighted by molar-refractivity contribution is 5.97. The second-order valence-electron chi connectivity index (χ2n) is 9.32. The molecule has 2 aliphatic rings. The Balaban J connectivity index is 1.72. The minimum Gasteiger partial charge on any atom is -0.324 e. The van der Waals surface area contributed by atoms with Gasteiger partial charge in [0.05, 0.1) is 11.4 Å². The number of rotatable bonds is 4. The molecule has 0 bridgehead atoms. The Hall–Kier alpha value is -2.44. The van der Waals surface area contributed by atoms with Crippen molar-refractivity contribution < 1.29 is 22.4 Å². The van der Waals surface area contributed by atoms with Gasteiger partial charge in [0.15, 0.2) is 0 Å². The Morgan fingerprint density at radius 3 is 2.38 bits per heavy atom. The first kappa shape index (κ1) is 22.7. The highest BCUT2D eigenvalue weighted by Gasteiger charge is 2.37. The van der Waals surface area contributed by atoms with Crippen molar-refractivity contribution in [3.8, 4) is 11.1 Å². The Morgan fingerprint density at radius 2 is 1.69 bits per heavy atom. The standard InChI is InChI=1S/C25H28F4N2O/c1-15-2-4-17(5-3-15)24(32)31-23-19(20-14-18(26)6-7-21(20)27)10-13-30-22(23)16-8-11-25(28,29)12-9-16/h6-7,10,13-17H,2-5,8-9,11-12H2,1H3,(H,31,32)/t15-,17+. The molecule has 172 valence electrons. The normalized spacial score (nSPS) is 23.7. The first-order valence-electron chi connectivity index (χ1n) is 11.4. The fourth-order valence-electron chi connectivity index (χ4n) is 4.91. The molecule has 1 heterocycles. The predicted octanol–water partition coefficient (Wildman–Crippen LogP) is 7.08. The van der Waals surface area contributed by atoms with Crippen LogP contribution in [0.2, 0.25) is 0 Å². The van der Waals surface area contributed by atoms with Crippen LogP contribution in [0.4, 0.5) is 23.2 Å². The van der Waals surface area contributed by atoms with Crippen LogP contribution in [0.3, 0.4) is 0 Å². The smallest absolute Gasteiger partial charge is 0.248 e. The van der Waals surface area contributed by atoms with Crippen molar-refractivity contribution >= 4 is 11.6 Å². The first-order chi connectivity index (χ1) is 15.2. The number of nitrogens with one attached hydrogen (secondary N) is 1. The Morgan fingerprint density at radius 1 is 1.00 bits per heavy atom. The van der Waals surface area contributed by atoms with Gasteiger partial charge in [0.25, 0.3) is 0 Å². The molecule has 1 aromatic heterocycles. The molecule has 4 rings (SSSR count). The minimum atomic E-state index is -2.70. The summed E-state index contributed by atoms with van der Waals surface area (Å²) in [4.78, 5) is 17.5. The summed E-state index contributed by atoms with van der Waals surface area (Å²) in [6.07, 6.45) is 4.85. The third kappa shape index (κ3) is 4.97. The van der Waals surface area contributed by atoms with Crippen molar-refractivity contribution in [3.63, 3.8) is 0 Å². The van der Waals surface area contributed by atoms with Crippen molar-refractivity contribution in [3.05, 3.63) is 47.8 Å². The van der Waals surface area contributed by atoms with Crippen LogP contribution >= 0.6 is 0 Å². The lowest BCUT2D eigenvalue weighted by Gasteiger charge is -2.30. The van der Waals surface area contributed by atoms with E-state index in [0.29, 0.717) is 22.9 Å². The van der Waals surface area contributed by atoms with E-state index in [4.69, 9.17) is 0 Å². The molecule has 0 atom stereocenters. The first-order valence-corrected chi connectivity index (χ1v) is 11.4. The van der Waals surface area contributed by atoms with Crippen LogP contribution in [-0.4, -0.2) is 16.8 Å². The number of halogens is 4. The van der Waals surface area contributed by atoms with Gasteiger partial charge >= 0.3 is 0 Å². The lowest BCUT2D eigenvalue weighted by Crippen LogP contribution is -2.29. The van der Waals surface area contributed by atoms with Crippen LogP contribution < -0.4 is 5.32 Å². The number of carbonyl (C=O) groups excluding carboxylic acids is 1. The van der Waals surface area contributed by atoms with Crippen LogP contribution in [-0.2, 0) is 4.79 Å². The molecular formula is C25H28F4N2O. The number of nitrogens with zero attached hydrogens (tertiary/aromatic N) is 1. The van der Waals surface area contributed by atoms with Gasteiger partial charge < -0.3 is 5.32 Å². The van der Waals surface area contributed by atoms with E-state index in [0.717, 1.165) is 43.9 Å². The van der Waals surface area contributed by atoms with E-state index >= 15 is 0 Å². The summed E-state index contributed by atoms with van der Waals surface area (Å²) >= 11 is 0. The molecule has 3 nitrogen and oxygen atoms in total. The van der Waals surface area contributed by atoms with Gasteiger partial charge in [0, 0.05) is 42.0 Å². The maximum Gasteiger partial charge on any atom is 0.248 e. The van der Waals surface area contributed by atoms with Crippen molar-refractivity contribution in [2.24, 2.45) is 11.8 Å². The molecule has 0 aliphatic heterocycles. The number of carbonyl (C=O) groups is 1. The molecule has 1 amide bonds. The molecule has 2 fully saturated rings. The maximum absolute atomic E-state index is 14.6. The SMILES string of the molecule is C[C@H]1CC[C@@H](C(=O)Nc2c(-c3cc(F)ccc3F)ccnc2C2CCC(F)(F)CC2)CC1. The zero-order chi connectivity index (χ0) is 22.9. The van der Waals surface area contributed by atoms with Gasteiger partial charge in [-0.2, -0.15) is 0 Å². The fraction of sp³-hybridized carbons (Fsp3) is 0.520. The zero-order valence-corrected chi connectivity index (χ0v) is 18.1. The summed E-state index contributed by atoms with van der Waals surface area (Å²) in [6.45, 7) is 2.16. The number of benzene rings is 1. The molecule has 2 aromatic rings. The molecule has 1 N–H and O–H groups in total. The van der Waals surface area contributed by atoms with Crippen LogP contribution in [0.15, 0.2) is 30.5 Å². The van der Waals surface area contributed by atoms with Gasteiger partial charge in [0.1, 0.15) is 11.6 Å². The number of aromatic nitrogens is 1. The third-order valence-corrected chi connectivity index (χ3v) is 6.94. The average Bonchev–Trinajstić information content (AvgIpc) is 2.76. The summed E-state index contributed by atoms with van der Waals surface area (Å²) in [5.74, 6) is -3.98. The number of alkyl halides is 2. The molecule has 2 saturated carbocycles. The van der Waals surface area contributed by atoms with Gasteiger partial charge in [-0.15, -0.1) is 0 Å². The number of amides is 1. The maximum atomic E-state index is 14.6. The number of hydrogen-bond acceptors (Lipinski definition) is 2. The number of anilines is 1. The van der Waals surface area contributed by atoms with Gasteiger partial charge in [-0.05, 0) is 68.7 Å². The Kier molecular flexibility index (Phi) is 6.54. The summed E-state index contributed by atoms with van der Waals surface area (Å²) in [5.41, 5.74) is 1.12. The van der Waals surface area contributed by atoms with Gasteiger partial charge in [-0.1, -0.05) is 6.92 Å². The van der Waals surface area contributed by atoms with Crippen molar-refractivity contribution in [1.29, 1.82) is 0 Å². The third-order valence-electron chi connectivity index (χ3n) is 6.94. The van der Waals surface area contributed by atoms with E-state index in [9.17, 15) is 22.4 Å². The lowest BCUT2D eigenvalue weighted by molar-refractivity contribution is -0.121. The molecule has 1 aromatic carbocycles. The highest BCUT2D eigenvalue weighted by atomic mass is 19.3. The average molecular weight is 449 g/mol. The van der Waals surface area contributed by atoms with Crippen molar-refractivity contribution in [1.82, 2.24) is 4.98 Å². The van der Waals surface area contributed by atoms with E-state index in [1.165, 1.54) is 12.3 Å². The van der Waals surface area contributed by atoms with Gasteiger partial charge in [0.2, 0.25) is 11.8 Å². The van der Waals surface area contributed by atoms with Gasteiger partial charge in [-0.25, -0.2) is 17.6 Å². The summed E-state index contributed by atoms with van der Waals surface area (Å²) < 4.78 is 56.1. The molecule has 0 spiro atoms. The zero-order valence-electron chi connectivity index (χ0n) is 18.1. The summed E-state index contributed by atoms with van der Waals surface area (Å²) in [5, 5.41) is 2.95. The number of hydrogen-bond donors (Lipinski definition) is 1. The van der Waals surface area contributed by atoms with E-state index in [1.807, 2.05) is 0 Å². The van der Waals surface area contributed by atoms with E-state index in [2.05, 4.69) is 17.2 Å². The second kappa shape index (κ2) is 9.20. The fourth-order valence-corrected chi connectivity index (χ4v) is 4.91. The van der Waals surface area contributed by atoms with Crippen LogP contribution in [0.5, 0.6) is 0 Å². The van der Waals surface area contributed by atoms with Crippen LogP contribution in [0.25, 0.3) is 11.1 Å². The summed E-state index contributed by atoms with van der Waals surface area (Å²) in [7, 11) is 0. The largest absolute Gasteiger partial charge is 0.324 e. The van der Waals surface area contributed by atoms with Crippen LogP contribution in [0.1, 0.15) is 69.9 Å². The Bertz CT molecular complexity index is 976. The second-order valence-corrected chi connectivity index (χ2v) is 9.32. The molecular weight excluding hydrogens is 420 g/mol. The van der Waals surface area contributed by atoms with Crippen molar-refractivity contribution in [2.75, 3.05) is 5.32 Å². The molecule has 0 saturated heterocycles.